The molecule has 0 spiro atoms. The van der Waals surface area contributed by atoms with E-state index in [0.717, 1.165) is 41.3 Å². The molecule has 0 saturated heterocycles. The molecule has 0 saturated carbocycles. The molecule has 2 aromatic rings. The van der Waals surface area contributed by atoms with Gasteiger partial charge in [0.1, 0.15) is 12.1 Å². The number of fused-ring (bicyclic) bond motifs is 1. The maximum atomic E-state index is 5.84. The van der Waals surface area contributed by atoms with Gasteiger partial charge in [-0.05, 0) is 28.4 Å². The van der Waals surface area contributed by atoms with Crippen molar-refractivity contribution in [2.24, 2.45) is 0 Å². The molecule has 94 valence electrons. The second kappa shape index (κ2) is 4.24. The number of hydrogen-bond acceptors (Lipinski definition) is 5. The Morgan fingerprint density at radius 2 is 2.22 bits per heavy atom. The highest BCUT2D eigenvalue weighted by molar-refractivity contribution is 9.10. The fourth-order valence-corrected chi connectivity index (χ4v) is 2.63. The Bertz CT molecular complexity index is 593. The largest absolute Gasteiger partial charge is 0.397 e. The highest BCUT2D eigenvalue weighted by Gasteiger charge is 2.21. The van der Waals surface area contributed by atoms with Gasteiger partial charge < -0.3 is 15.2 Å². The van der Waals surface area contributed by atoms with Gasteiger partial charge in [-0.1, -0.05) is 0 Å². The lowest BCUT2D eigenvalue weighted by Crippen LogP contribution is -2.34. The van der Waals surface area contributed by atoms with Crippen LogP contribution in [0.1, 0.15) is 11.4 Å². The maximum Gasteiger partial charge on any atom is 0.152 e. The van der Waals surface area contributed by atoms with E-state index in [-0.39, 0.29) is 0 Å². The number of rotatable bonds is 1. The van der Waals surface area contributed by atoms with Crippen molar-refractivity contribution in [3.05, 3.63) is 28.4 Å². The van der Waals surface area contributed by atoms with Gasteiger partial charge >= 0.3 is 0 Å². The van der Waals surface area contributed by atoms with Crippen molar-refractivity contribution in [2.75, 3.05) is 17.2 Å². The van der Waals surface area contributed by atoms with Crippen molar-refractivity contribution in [3.63, 3.8) is 0 Å². The van der Waals surface area contributed by atoms with Gasteiger partial charge in [0.25, 0.3) is 0 Å². The highest BCUT2D eigenvalue weighted by atomic mass is 79.9. The molecule has 0 aliphatic carbocycles. The predicted octanol–water partition coefficient (Wildman–Crippen LogP) is 1.35. The van der Waals surface area contributed by atoms with E-state index in [0.29, 0.717) is 5.69 Å². The van der Waals surface area contributed by atoms with E-state index in [9.17, 15) is 0 Å². The summed E-state index contributed by atoms with van der Waals surface area (Å²) in [6.07, 6.45) is 3.47. The summed E-state index contributed by atoms with van der Waals surface area (Å²) in [5.41, 5.74) is 7.56. The molecule has 2 aromatic heterocycles. The Morgan fingerprint density at radius 1 is 1.39 bits per heavy atom. The van der Waals surface area contributed by atoms with Crippen LogP contribution in [0.25, 0.3) is 0 Å². The summed E-state index contributed by atoms with van der Waals surface area (Å²) in [6.45, 7) is 4.46. The average molecular weight is 309 g/mol. The second-order valence-electron chi connectivity index (χ2n) is 4.34. The molecular formula is C11H13BrN6. The predicted molar refractivity (Wildman–Crippen MR) is 72.2 cm³/mol. The zero-order chi connectivity index (χ0) is 12.7. The van der Waals surface area contributed by atoms with E-state index in [4.69, 9.17) is 5.73 Å². The topological polar surface area (TPSA) is 72.9 Å². The fraction of sp³-hybridized carbons (Fsp3) is 0.364. The van der Waals surface area contributed by atoms with Crippen LogP contribution in [0.4, 0.5) is 11.5 Å². The average Bonchev–Trinajstić information content (AvgIpc) is 2.83. The van der Waals surface area contributed by atoms with E-state index < -0.39 is 0 Å². The maximum absolute atomic E-state index is 5.84. The Labute approximate surface area is 113 Å². The summed E-state index contributed by atoms with van der Waals surface area (Å²) in [7, 11) is 0. The molecule has 0 aromatic carbocycles. The quantitative estimate of drug-likeness (QED) is 0.861. The molecule has 0 amide bonds. The van der Waals surface area contributed by atoms with Gasteiger partial charge in [-0.2, -0.15) is 0 Å². The summed E-state index contributed by atoms with van der Waals surface area (Å²) in [4.78, 5) is 6.60. The lowest BCUT2D eigenvalue weighted by atomic mass is 10.2. The summed E-state index contributed by atoms with van der Waals surface area (Å²) in [5.74, 6) is 1.88. The third kappa shape index (κ3) is 1.74. The minimum Gasteiger partial charge on any atom is -0.397 e. The van der Waals surface area contributed by atoms with E-state index in [1.807, 2.05) is 6.92 Å². The number of nitrogens with zero attached hydrogens (tertiary/aromatic N) is 5. The van der Waals surface area contributed by atoms with Crippen LogP contribution in [0.5, 0.6) is 0 Å². The minimum absolute atomic E-state index is 0.700. The zero-order valence-electron chi connectivity index (χ0n) is 9.97. The molecule has 3 heterocycles. The zero-order valence-corrected chi connectivity index (χ0v) is 11.6. The Kier molecular flexibility index (Phi) is 2.70. The fourth-order valence-electron chi connectivity index (χ4n) is 2.05. The molecule has 2 N–H and O–H groups in total. The molecule has 18 heavy (non-hydrogen) atoms. The van der Waals surface area contributed by atoms with Gasteiger partial charge in [0.05, 0.1) is 22.9 Å². The van der Waals surface area contributed by atoms with Crippen LogP contribution in [0, 0.1) is 6.92 Å². The molecule has 1 aliphatic rings. The van der Waals surface area contributed by atoms with Crippen LogP contribution in [-0.4, -0.2) is 26.3 Å². The normalized spacial score (nSPS) is 14.7. The number of hydrogen-bond donors (Lipinski definition) is 1. The van der Waals surface area contributed by atoms with Crippen LogP contribution in [0.15, 0.2) is 17.0 Å². The van der Waals surface area contributed by atoms with E-state index >= 15 is 0 Å². The van der Waals surface area contributed by atoms with Crippen LogP contribution in [-0.2, 0) is 13.1 Å². The number of anilines is 2. The van der Waals surface area contributed by atoms with Gasteiger partial charge in [0, 0.05) is 13.1 Å². The van der Waals surface area contributed by atoms with Crippen molar-refractivity contribution >= 4 is 27.4 Å². The first-order valence-corrected chi connectivity index (χ1v) is 6.48. The summed E-state index contributed by atoms with van der Waals surface area (Å²) in [5, 5.41) is 8.03. The van der Waals surface area contributed by atoms with Gasteiger partial charge in [-0.25, -0.2) is 4.98 Å². The molecule has 0 radical (unpaired) electrons. The Balaban J connectivity index is 1.96. The Morgan fingerprint density at radius 3 is 3.06 bits per heavy atom. The van der Waals surface area contributed by atoms with Gasteiger partial charge in [0.2, 0.25) is 0 Å². The second-order valence-corrected chi connectivity index (χ2v) is 5.13. The number of halogens is 1. The minimum atomic E-state index is 0.700. The summed E-state index contributed by atoms with van der Waals surface area (Å²) < 4.78 is 3.02. The number of nitrogens with two attached hydrogens (primary N) is 1. The summed E-state index contributed by atoms with van der Waals surface area (Å²) >= 11 is 3.57. The van der Waals surface area contributed by atoms with Gasteiger partial charge in [-0.15, -0.1) is 10.2 Å². The van der Waals surface area contributed by atoms with Crippen molar-refractivity contribution in [1.29, 1.82) is 0 Å². The molecule has 7 heteroatoms. The third-order valence-electron chi connectivity index (χ3n) is 3.22. The molecule has 0 bridgehead atoms. The lowest BCUT2D eigenvalue weighted by molar-refractivity contribution is 0.555. The first-order valence-electron chi connectivity index (χ1n) is 5.69. The number of nitrogen functional groups attached to an aromatic ring is 1. The van der Waals surface area contributed by atoms with Crippen molar-refractivity contribution in [1.82, 2.24) is 19.7 Å². The number of aromatic nitrogens is 4. The van der Waals surface area contributed by atoms with Gasteiger partial charge in [0.15, 0.2) is 5.82 Å². The molecule has 0 atom stereocenters. The molecule has 0 fully saturated rings. The lowest BCUT2D eigenvalue weighted by Gasteiger charge is -2.29. The van der Waals surface area contributed by atoms with Crippen LogP contribution >= 0.6 is 15.9 Å². The third-order valence-corrected chi connectivity index (χ3v) is 4.17. The monoisotopic (exact) mass is 308 g/mol. The highest BCUT2D eigenvalue weighted by Crippen LogP contribution is 2.31. The molecule has 6 nitrogen and oxygen atoms in total. The Hall–Kier alpha value is -1.63. The van der Waals surface area contributed by atoms with Crippen LogP contribution in [0.3, 0.4) is 0 Å². The van der Waals surface area contributed by atoms with Crippen molar-refractivity contribution < 1.29 is 0 Å². The number of pyridine rings is 1. The standard InChI is InChI=1S/C11H13BrN6/c1-7-8(13)4-14-11(10(7)12)17-2-3-18-6-15-16-9(18)5-17/h4,6H,2-3,5,13H2,1H3. The van der Waals surface area contributed by atoms with Gasteiger partial charge in [-0.3, -0.25) is 0 Å². The summed E-state index contributed by atoms with van der Waals surface area (Å²) in [6, 6.07) is 0. The molecule has 3 rings (SSSR count). The van der Waals surface area contributed by atoms with Crippen molar-refractivity contribution in [3.8, 4) is 0 Å². The van der Waals surface area contributed by atoms with E-state index in [2.05, 4.69) is 40.6 Å². The molecule has 0 unspecified atom stereocenters. The van der Waals surface area contributed by atoms with E-state index in [1.165, 1.54) is 0 Å². The molecule has 1 aliphatic heterocycles. The first-order chi connectivity index (χ1) is 8.66. The molecular weight excluding hydrogens is 296 g/mol. The van der Waals surface area contributed by atoms with Crippen molar-refractivity contribution in [2.45, 2.75) is 20.0 Å². The first kappa shape index (κ1) is 11.5. The smallest absolute Gasteiger partial charge is 0.152 e. The van der Waals surface area contributed by atoms with Crippen LogP contribution in [0.2, 0.25) is 0 Å². The van der Waals surface area contributed by atoms with Crippen LogP contribution < -0.4 is 10.6 Å². The SMILES string of the molecule is Cc1c(N)cnc(N2CCn3cnnc3C2)c1Br. The van der Waals surface area contributed by atoms with E-state index in [1.54, 1.807) is 12.5 Å².